The van der Waals surface area contributed by atoms with E-state index in [1.807, 2.05) is 18.2 Å². The predicted molar refractivity (Wildman–Crippen MR) is 117 cm³/mol. The summed E-state index contributed by atoms with van der Waals surface area (Å²) >= 11 is 6.43. The van der Waals surface area contributed by atoms with E-state index in [1.165, 1.54) is 6.26 Å². The lowest BCUT2D eigenvalue weighted by Gasteiger charge is -2.31. The third-order valence-electron chi connectivity index (χ3n) is 4.34. The minimum atomic E-state index is -2.99. The Balaban J connectivity index is 2.56. The fourth-order valence-corrected chi connectivity index (χ4v) is 3.50. The zero-order valence-electron chi connectivity index (χ0n) is 17.2. The summed E-state index contributed by atoms with van der Waals surface area (Å²) in [7, 11) is -1.28. The number of rotatable bonds is 12. The van der Waals surface area contributed by atoms with Gasteiger partial charge in [0.15, 0.2) is 5.96 Å². The third kappa shape index (κ3) is 9.23. The molecule has 0 fully saturated rings. The van der Waals surface area contributed by atoms with Crippen LogP contribution in [0, 0.1) is 0 Å². The molecule has 1 unspecified atom stereocenters. The Labute approximate surface area is 174 Å². The van der Waals surface area contributed by atoms with E-state index in [9.17, 15) is 8.42 Å². The van der Waals surface area contributed by atoms with Gasteiger partial charge in [0.05, 0.1) is 25.0 Å². The molecule has 1 rings (SSSR count). The van der Waals surface area contributed by atoms with Crippen molar-refractivity contribution in [3.8, 4) is 0 Å². The first-order chi connectivity index (χ1) is 13.3. The fraction of sp³-hybridized carbons (Fsp3) is 0.632. The molecule has 7 nitrogen and oxygen atoms in total. The van der Waals surface area contributed by atoms with Gasteiger partial charge < -0.3 is 15.4 Å². The number of ether oxygens (including phenoxy) is 1. The number of nitrogens with one attached hydrogen (secondary N) is 2. The Bertz CT molecular complexity index is 709. The largest absolute Gasteiger partial charge is 0.379 e. The van der Waals surface area contributed by atoms with Gasteiger partial charge in [-0.3, -0.25) is 9.89 Å². The summed E-state index contributed by atoms with van der Waals surface area (Å²) < 4.78 is 27.5. The molecule has 0 radical (unpaired) electrons. The standard InChI is InChI=1S/C19H33ClN4O3S/c1-5-24(6-2)18(16-9-7-8-10-17(16)20)15-23-19(21-3)22-11-12-27-13-14-28(4,25)26/h7-10,18H,5-6,11-15H2,1-4H3,(H2,21,22,23). The average Bonchev–Trinajstić information content (AvgIpc) is 2.65. The number of nitrogens with zero attached hydrogens (tertiary/aromatic N) is 2. The molecule has 28 heavy (non-hydrogen) atoms. The number of aliphatic imine (C=N–C) groups is 1. The maximum Gasteiger partial charge on any atom is 0.191 e. The van der Waals surface area contributed by atoms with Crippen molar-refractivity contribution < 1.29 is 13.2 Å². The second-order valence-corrected chi connectivity index (χ2v) is 9.05. The van der Waals surface area contributed by atoms with Crippen LogP contribution in [0.2, 0.25) is 5.02 Å². The lowest BCUT2D eigenvalue weighted by molar-refractivity contribution is 0.154. The zero-order chi connectivity index (χ0) is 21.0. The summed E-state index contributed by atoms with van der Waals surface area (Å²) in [4.78, 5) is 6.58. The van der Waals surface area contributed by atoms with E-state index in [0.717, 1.165) is 23.7 Å². The van der Waals surface area contributed by atoms with Crippen molar-refractivity contribution in [1.29, 1.82) is 0 Å². The molecule has 9 heteroatoms. The molecule has 0 heterocycles. The van der Waals surface area contributed by atoms with Gasteiger partial charge >= 0.3 is 0 Å². The minimum absolute atomic E-state index is 0.0311. The molecule has 2 N–H and O–H groups in total. The van der Waals surface area contributed by atoms with Gasteiger partial charge in [-0.25, -0.2) is 8.42 Å². The monoisotopic (exact) mass is 432 g/mol. The molecule has 0 aliphatic carbocycles. The van der Waals surface area contributed by atoms with Crippen LogP contribution in [0.15, 0.2) is 29.3 Å². The molecule has 1 aromatic carbocycles. The van der Waals surface area contributed by atoms with E-state index in [4.69, 9.17) is 16.3 Å². The molecule has 160 valence electrons. The van der Waals surface area contributed by atoms with Crippen molar-refractivity contribution >= 4 is 27.4 Å². The smallest absolute Gasteiger partial charge is 0.191 e. The number of likely N-dealkylation sites (N-methyl/N-ethyl adjacent to an activating group) is 1. The van der Waals surface area contributed by atoms with E-state index in [-0.39, 0.29) is 18.4 Å². The summed E-state index contributed by atoms with van der Waals surface area (Å²) in [5, 5.41) is 7.28. The van der Waals surface area contributed by atoms with Crippen LogP contribution >= 0.6 is 11.6 Å². The van der Waals surface area contributed by atoms with Gasteiger partial charge in [-0.2, -0.15) is 0 Å². The molecular formula is C19H33ClN4O3S. The number of halogens is 1. The van der Waals surface area contributed by atoms with Gasteiger partial charge in [0.25, 0.3) is 0 Å². The van der Waals surface area contributed by atoms with Crippen molar-refractivity contribution in [2.75, 3.05) is 58.4 Å². The van der Waals surface area contributed by atoms with Crippen LogP contribution in [-0.4, -0.2) is 77.7 Å². The Kier molecular flexibility index (Phi) is 11.4. The second kappa shape index (κ2) is 13.0. The highest BCUT2D eigenvalue weighted by Gasteiger charge is 2.20. The van der Waals surface area contributed by atoms with Crippen LogP contribution in [-0.2, 0) is 14.6 Å². The van der Waals surface area contributed by atoms with Crippen LogP contribution < -0.4 is 10.6 Å². The molecule has 0 amide bonds. The number of sulfone groups is 1. The topological polar surface area (TPSA) is 83.0 Å². The SMILES string of the molecule is CCN(CC)C(CNC(=NC)NCCOCCS(C)(=O)=O)c1ccccc1Cl. The van der Waals surface area contributed by atoms with Crippen LogP contribution in [0.1, 0.15) is 25.5 Å². The molecule has 1 atom stereocenters. The van der Waals surface area contributed by atoms with Crippen molar-refractivity contribution in [3.63, 3.8) is 0 Å². The Morgan fingerprint density at radius 2 is 1.89 bits per heavy atom. The van der Waals surface area contributed by atoms with Gasteiger partial charge in [-0.15, -0.1) is 0 Å². The summed E-state index contributed by atoms with van der Waals surface area (Å²) in [6.45, 7) is 7.87. The molecular weight excluding hydrogens is 400 g/mol. The lowest BCUT2D eigenvalue weighted by Crippen LogP contribution is -2.44. The highest BCUT2D eigenvalue weighted by atomic mass is 35.5. The third-order valence-corrected chi connectivity index (χ3v) is 5.59. The van der Waals surface area contributed by atoms with Crippen LogP contribution in [0.5, 0.6) is 0 Å². The summed E-state index contributed by atoms with van der Waals surface area (Å²) in [5.41, 5.74) is 1.08. The minimum Gasteiger partial charge on any atom is -0.379 e. The predicted octanol–water partition coefficient (Wildman–Crippen LogP) is 1.95. The number of hydrogen-bond acceptors (Lipinski definition) is 5. The van der Waals surface area contributed by atoms with E-state index in [0.29, 0.717) is 25.7 Å². The van der Waals surface area contributed by atoms with E-state index < -0.39 is 9.84 Å². The van der Waals surface area contributed by atoms with Gasteiger partial charge in [0.2, 0.25) is 0 Å². The Morgan fingerprint density at radius 1 is 1.21 bits per heavy atom. The first kappa shape index (κ1) is 24.7. The average molecular weight is 433 g/mol. The van der Waals surface area contributed by atoms with Gasteiger partial charge in [0, 0.05) is 31.4 Å². The van der Waals surface area contributed by atoms with Crippen molar-refractivity contribution in [2.24, 2.45) is 4.99 Å². The van der Waals surface area contributed by atoms with Gasteiger partial charge in [-0.05, 0) is 24.7 Å². The second-order valence-electron chi connectivity index (χ2n) is 6.38. The fourth-order valence-electron chi connectivity index (χ4n) is 2.81. The van der Waals surface area contributed by atoms with E-state index in [2.05, 4.69) is 40.4 Å². The highest BCUT2D eigenvalue weighted by molar-refractivity contribution is 7.90. The molecule has 0 bridgehead atoms. The number of benzene rings is 1. The van der Waals surface area contributed by atoms with E-state index >= 15 is 0 Å². The van der Waals surface area contributed by atoms with Crippen molar-refractivity contribution in [3.05, 3.63) is 34.9 Å². The van der Waals surface area contributed by atoms with Crippen molar-refractivity contribution in [1.82, 2.24) is 15.5 Å². The Hall–Kier alpha value is -1.35. The van der Waals surface area contributed by atoms with Crippen molar-refractivity contribution in [2.45, 2.75) is 19.9 Å². The molecule has 0 aliphatic rings. The molecule has 0 aromatic heterocycles. The molecule has 0 spiro atoms. The zero-order valence-corrected chi connectivity index (χ0v) is 18.8. The van der Waals surface area contributed by atoms with Crippen LogP contribution in [0.4, 0.5) is 0 Å². The van der Waals surface area contributed by atoms with Crippen LogP contribution in [0.3, 0.4) is 0 Å². The maximum absolute atomic E-state index is 11.1. The summed E-state index contributed by atoms with van der Waals surface area (Å²) in [6, 6.07) is 8.02. The normalized spacial score (nSPS) is 13.6. The van der Waals surface area contributed by atoms with Gasteiger partial charge in [0.1, 0.15) is 9.84 Å². The van der Waals surface area contributed by atoms with E-state index in [1.54, 1.807) is 7.05 Å². The number of hydrogen-bond donors (Lipinski definition) is 2. The lowest BCUT2D eigenvalue weighted by atomic mass is 10.0. The first-order valence-electron chi connectivity index (χ1n) is 9.50. The Morgan fingerprint density at radius 3 is 2.46 bits per heavy atom. The van der Waals surface area contributed by atoms with Gasteiger partial charge in [-0.1, -0.05) is 43.6 Å². The number of guanidine groups is 1. The van der Waals surface area contributed by atoms with Crippen LogP contribution in [0.25, 0.3) is 0 Å². The molecule has 0 aliphatic heterocycles. The molecule has 0 saturated heterocycles. The summed E-state index contributed by atoms with van der Waals surface area (Å²) in [5.74, 6) is 0.694. The summed E-state index contributed by atoms with van der Waals surface area (Å²) in [6.07, 6.45) is 1.20. The first-order valence-corrected chi connectivity index (χ1v) is 11.9. The highest BCUT2D eigenvalue weighted by Crippen LogP contribution is 2.26. The molecule has 0 saturated carbocycles. The molecule has 1 aromatic rings. The quantitative estimate of drug-likeness (QED) is 0.298. The maximum atomic E-state index is 11.1.